The van der Waals surface area contributed by atoms with E-state index in [1.165, 1.54) is 22.3 Å². The topological polar surface area (TPSA) is 29.3 Å². The molecule has 0 fully saturated rings. The molecule has 2 rings (SSSR count). The van der Waals surface area contributed by atoms with Gasteiger partial charge in [0, 0.05) is 31.0 Å². The molecule has 0 radical (unpaired) electrons. The predicted molar refractivity (Wildman–Crippen MR) is 96.8 cm³/mol. The normalized spacial score (nSPS) is 18.0. The fourth-order valence-electron chi connectivity index (χ4n) is 3.01. The summed E-state index contributed by atoms with van der Waals surface area (Å²) in [4.78, 5) is 2.10. The number of allylic oxidation sites excluding steroid dienone is 2. The van der Waals surface area contributed by atoms with Crippen LogP contribution in [0.25, 0.3) is 6.08 Å². The number of hydrogen-bond acceptors (Lipinski definition) is 2. The molecule has 0 bridgehead atoms. The molecule has 0 aromatic heterocycles. The first-order chi connectivity index (χ1) is 10.5. The zero-order valence-corrected chi connectivity index (χ0v) is 14.2. The standard InChI is InChI=1S/C19H25ClN2/c1-14-11-15(2)19-7-6-18(20)13-17(19)12-16(14)5-4-9-22(3)10-8-21/h6-8,10,12-13,15H,1,4-5,9,11,21H2,2-3H3/b10-8-. The first-order valence-corrected chi connectivity index (χ1v) is 8.16. The maximum Gasteiger partial charge on any atom is 0.0412 e. The van der Waals surface area contributed by atoms with E-state index in [-0.39, 0.29) is 0 Å². The lowest BCUT2D eigenvalue weighted by Crippen LogP contribution is -2.13. The Balaban J connectivity index is 2.14. The molecule has 0 amide bonds. The van der Waals surface area contributed by atoms with Crippen LogP contribution in [0.15, 0.2) is 48.3 Å². The fourth-order valence-corrected chi connectivity index (χ4v) is 3.19. The minimum Gasteiger partial charge on any atom is -0.403 e. The number of rotatable bonds is 5. The molecule has 1 atom stereocenters. The minimum atomic E-state index is 0.483. The van der Waals surface area contributed by atoms with E-state index in [0.29, 0.717) is 5.92 Å². The molecule has 3 heteroatoms. The summed E-state index contributed by atoms with van der Waals surface area (Å²) in [5.41, 5.74) is 10.6. The van der Waals surface area contributed by atoms with Crippen molar-refractivity contribution in [3.8, 4) is 0 Å². The molecule has 1 unspecified atom stereocenters. The van der Waals surface area contributed by atoms with Crippen LogP contribution >= 0.6 is 11.6 Å². The molecule has 0 spiro atoms. The number of fused-ring (bicyclic) bond motifs is 1. The highest BCUT2D eigenvalue weighted by molar-refractivity contribution is 6.30. The number of halogens is 1. The summed E-state index contributed by atoms with van der Waals surface area (Å²) in [5.74, 6) is 0.483. The van der Waals surface area contributed by atoms with Crippen LogP contribution in [0.1, 0.15) is 43.2 Å². The zero-order chi connectivity index (χ0) is 16.1. The first-order valence-electron chi connectivity index (χ1n) is 7.78. The van der Waals surface area contributed by atoms with Gasteiger partial charge < -0.3 is 10.6 Å². The Kier molecular flexibility index (Phi) is 5.73. The lowest BCUT2D eigenvalue weighted by Gasteiger charge is -2.15. The molecule has 2 N–H and O–H groups in total. The van der Waals surface area contributed by atoms with Gasteiger partial charge in [0.2, 0.25) is 0 Å². The lowest BCUT2D eigenvalue weighted by atomic mass is 9.92. The van der Waals surface area contributed by atoms with Crippen LogP contribution in [-0.2, 0) is 0 Å². The maximum absolute atomic E-state index is 6.16. The second kappa shape index (κ2) is 7.55. The van der Waals surface area contributed by atoms with Gasteiger partial charge in [-0.25, -0.2) is 0 Å². The van der Waals surface area contributed by atoms with Gasteiger partial charge in [0.1, 0.15) is 0 Å². The van der Waals surface area contributed by atoms with Crippen molar-refractivity contribution in [2.45, 2.75) is 32.1 Å². The molecule has 2 nitrogen and oxygen atoms in total. The van der Waals surface area contributed by atoms with Gasteiger partial charge in [-0.1, -0.05) is 42.8 Å². The van der Waals surface area contributed by atoms with Crippen molar-refractivity contribution < 1.29 is 0 Å². The van der Waals surface area contributed by atoms with E-state index in [1.807, 2.05) is 19.3 Å². The Morgan fingerprint density at radius 1 is 1.45 bits per heavy atom. The third-order valence-electron chi connectivity index (χ3n) is 4.21. The van der Waals surface area contributed by atoms with Gasteiger partial charge >= 0.3 is 0 Å². The number of hydrogen-bond donors (Lipinski definition) is 1. The molecular formula is C19H25ClN2. The highest BCUT2D eigenvalue weighted by atomic mass is 35.5. The molecule has 0 aliphatic heterocycles. The Labute approximate surface area is 139 Å². The van der Waals surface area contributed by atoms with E-state index < -0.39 is 0 Å². The van der Waals surface area contributed by atoms with E-state index >= 15 is 0 Å². The van der Waals surface area contributed by atoms with Crippen molar-refractivity contribution in [3.05, 3.63) is 64.5 Å². The van der Waals surface area contributed by atoms with Crippen molar-refractivity contribution in [3.63, 3.8) is 0 Å². The summed E-state index contributed by atoms with van der Waals surface area (Å²) in [5, 5.41) is 0.793. The van der Waals surface area contributed by atoms with E-state index in [2.05, 4.69) is 36.6 Å². The number of nitrogens with two attached hydrogens (primary N) is 1. The van der Waals surface area contributed by atoms with Crippen LogP contribution in [0.2, 0.25) is 5.02 Å². The van der Waals surface area contributed by atoms with E-state index in [0.717, 1.165) is 30.8 Å². The first kappa shape index (κ1) is 16.7. The third kappa shape index (κ3) is 4.17. The largest absolute Gasteiger partial charge is 0.403 e. The Hall–Kier alpha value is -1.67. The van der Waals surface area contributed by atoms with E-state index in [4.69, 9.17) is 17.3 Å². The van der Waals surface area contributed by atoms with Gasteiger partial charge in [-0.3, -0.25) is 0 Å². The minimum absolute atomic E-state index is 0.483. The van der Waals surface area contributed by atoms with Crippen molar-refractivity contribution in [2.24, 2.45) is 5.73 Å². The Morgan fingerprint density at radius 2 is 2.23 bits per heavy atom. The zero-order valence-electron chi connectivity index (χ0n) is 13.5. The van der Waals surface area contributed by atoms with Crippen LogP contribution < -0.4 is 5.73 Å². The number of nitrogens with zero attached hydrogens (tertiary/aromatic N) is 1. The molecule has 0 saturated heterocycles. The van der Waals surface area contributed by atoms with Crippen molar-refractivity contribution >= 4 is 17.7 Å². The summed E-state index contributed by atoms with van der Waals surface area (Å²) < 4.78 is 0. The summed E-state index contributed by atoms with van der Waals surface area (Å²) in [7, 11) is 2.04. The molecule has 1 aliphatic carbocycles. The number of benzene rings is 1. The highest BCUT2D eigenvalue weighted by Crippen LogP contribution is 2.36. The quantitative estimate of drug-likeness (QED) is 0.834. The molecule has 1 aliphatic rings. The fraction of sp³-hybridized carbons (Fsp3) is 0.368. The van der Waals surface area contributed by atoms with Crippen LogP contribution in [0.5, 0.6) is 0 Å². The van der Waals surface area contributed by atoms with Crippen LogP contribution in [0.3, 0.4) is 0 Å². The SMILES string of the molecule is C=C1CC(C)c2ccc(Cl)cc2C=C1CCCN(C)/C=C\N. The van der Waals surface area contributed by atoms with Gasteiger partial charge in [0.05, 0.1) is 0 Å². The van der Waals surface area contributed by atoms with Gasteiger partial charge in [-0.15, -0.1) is 0 Å². The van der Waals surface area contributed by atoms with Gasteiger partial charge in [0.25, 0.3) is 0 Å². The van der Waals surface area contributed by atoms with Crippen molar-refractivity contribution in [2.75, 3.05) is 13.6 Å². The summed E-state index contributed by atoms with van der Waals surface area (Å²) in [6.45, 7) is 7.54. The lowest BCUT2D eigenvalue weighted by molar-refractivity contribution is 0.443. The van der Waals surface area contributed by atoms with Crippen molar-refractivity contribution in [1.82, 2.24) is 4.90 Å². The third-order valence-corrected chi connectivity index (χ3v) is 4.45. The second-order valence-electron chi connectivity index (χ2n) is 6.08. The van der Waals surface area contributed by atoms with Crippen LogP contribution in [0.4, 0.5) is 0 Å². The Bertz CT molecular complexity index is 601. The molecule has 1 aromatic carbocycles. The smallest absolute Gasteiger partial charge is 0.0412 e. The monoisotopic (exact) mass is 316 g/mol. The average molecular weight is 317 g/mol. The van der Waals surface area contributed by atoms with Crippen LogP contribution in [0, 0.1) is 0 Å². The summed E-state index contributed by atoms with van der Waals surface area (Å²) in [6, 6.07) is 6.19. The molecule has 118 valence electrons. The molecule has 22 heavy (non-hydrogen) atoms. The molecule has 0 heterocycles. The summed E-state index contributed by atoms with van der Waals surface area (Å²) >= 11 is 6.16. The maximum atomic E-state index is 6.16. The highest BCUT2D eigenvalue weighted by Gasteiger charge is 2.18. The van der Waals surface area contributed by atoms with Gasteiger partial charge in [-0.05, 0) is 54.0 Å². The van der Waals surface area contributed by atoms with E-state index in [9.17, 15) is 0 Å². The molecule has 1 aromatic rings. The Morgan fingerprint density at radius 3 is 2.95 bits per heavy atom. The molecular weight excluding hydrogens is 292 g/mol. The van der Waals surface area contributed by atoms with Gasteiger partial charge in [0.15, 0.2) is 0 Å². The van der Waals surface area contributed by atoms with Crippen molar-refractivity contribution in [1.29, 1.82) is 0 Å². The summed E-state index contributed by atoms with van der Waals surface area (Å²) in [6.07, 6.45) is 8.86. The van der Waals surface area contributed by atoms with Crippen LogP contribution in [-0.4, -0.2) is 18.5 Å². The predicted octanol–water partition coefficient (Wildman–Crippen LogP) is 4.93. The molecule has 0 saturated carbocycles. The average Bonchev–Trinajstić information content (AvgIpc) is 2.56. The van der Waals surface area contributed by atoms with Gasteiger partial charge in [-0.2, -0.15) is 0 Å². The van der Waals surface area contributed by atoms with E-state index in [1.54, 1.807) is 6.20 Å². The second-order valence-corrected chi connectivity index (χ2v) is 6.51.